The van der Waals surface area contributed by atoms with E-state index < -0.39 is 5.97 Å². The van der Waals surface area contributed by atoms with Gasteiger partial charge in [0.25, 0.3) is 0 Å². The van der Waals surface area contributed by atoms with Crippen molar-refractivity contribution in [2.75, 3.05) is 32.7 Å². The Kier molecular flexibility index (Phi) is 9.88. The Balaban J connectivity index is 0.00000182. The SMILES string of the molecule is Cl.Cl.O=C(O)CN1CCN(C(c2ccc(Cl)cc2)c2ccc(Cl)cc2)CC1. The Bertz CT molecular complexity index is 672. The number of nitrogens with zero attached hydrogens (tertiary/aromatic N) is 2. The molecule has 27 heavy (non-hydrogen) atoms. The van der Waals surface area contributed by atoms with Gasteiger partial charge in [-0.05, 0) is 35.4 Å². The van der Waals surface area contributed by atoms with Gasteiger partial charge in [0, 0.05) is 36.2 Å². The lowest BCUT2D eigenvalue weighted by molar-refractivity contribution is -0.138. The van der Waals surface area contributed by atoms with E-state index in [1.807, 2.05) is 53.4 Å². The second-order valence-corrected chi connectivity index (χ2v) is 7.08. The van der Waals surface area contributed by atoms with Crippen LogP contribution >= 0.6 is 48.0 Å². The molecule has 1 aliphatic heterocycles. The second-order valence-electron chi connectivity index (χ2n) is 6.21. The first kappa shape index (κ1) is 24.0. The number of benzene rings is 2. The normalized spacial score (nSPS) is 15.1. The molecular weight excluding hydrogens is 430 g/mol. The summed E-state index contributed by atoms with van der Waals surface area (Å²) in [6.45, 7) is 3.20. The van der Waals surface area contributed by atoms with E-state index in [0.29, 0.717) is 10.0 Å². The fourth-order valence-corrected chi connectivity index (χ4v) is 3.53. The number of aliphatic carboxylic acids is 1. The lowest BCUT2D eigenvalue weighted by Crippen LogP contribution is -2.49. The fraction of sp³-hybridized carbons (Fsp3) is 0.316. The first-order valence-electron chi connectivity index (χ1n) is 8.22. The van der Waals surface area contributed by atoms with Crippen LogP contribution in [0.3, 0.4) is 0 Å². The van der Waals surface area contributed by atoms with E-state index in [-0.39, 0.29) is 37.4 Å². The first-order valence-corrected chi connectivity index (χ1v) is 8.97. The molecule has 0 aromatic heterocycles. The molecule has 3 rings (SSSR count). The molecule has 1 fully saturated rings. The molecule has 8 heteroatoms. The van der Waals surface area contributed by atoms with Gasteiger partial charge in [-0.15, -0.1) is 24.8 Å². The summed E-state index contributed by atoms with van der Waals surface area (Å²) in [5.41, 5.74) is 2.33. The smallest absolute Gasteiger partial charge is 0.317 e. The largest absolute Gasteiger partial charge is 0.480 e. The molecule has 0 unspecified atom stereocenters. The number of carbonyl (C=O) groups is 1. The molecule has 0 bridgehead atoms. The average Bonchev–Trinajstić information content (AvgIpc) is 2.59. The Hall–Kier alpha value is -1.01. The van der Waals surface area contributed by atoms with Crippen LogP contribution in [0.1, 0.15) is 17.2 Å². The molecule has 0 saturated carbocycles. The van der Waals surface area contributed by atoms with Crippen LogP contribution in [0.15, 0.2) is 48.5 Å². The molecule has 1 N–H and O–H groups in total. The highest BCUT2D eigenvalue weighted by Gasteiger charge is 2.27. The molecular formula is C19H22Cl4N2O2. The summed E-state index contributed by atoms with van der Waals surface area (Å²) in [5.74, 6) is -0.777. The molecule has 4 nitrogen and oxygen atoms in total. The average molecular weight is 452 g/mol. The molecule has 0 spiro atoms. The fourth-order valence-electron chi connectivity index (χ4n) is 3.28. The quantitative estimate of drug-likeness (QED) is 0.719. The lowest BCUT2D eigenvalue weighted by atomic mass is 9.96. The van der Waals surface area contributed by atoms with Crippen molar-refractivity contribution in [3.63, 3.8) is 0 Å². The van der Waals surface area contributed by atoms with Crippen molar-refractivity contribution in [2.24, 2.45) is 0 Å². The number of carboxylic acid groups (broad SMARTS) is 1. The maximum atomic E-state index is 10.9. The highest BCUT2D eigenvalue weighted by molar-refractivity contribution is 6.30. The highest BCUT2D eigenvalue weighted by atomic mass is 35.5. The van der Waals surface area contributed by atoms with Crippen molar-refractivity contribution in [1.29, 1.82) is 0 Å². The molecule has 0 atom stereocenters. The topological polar surface area (TPSA) is 43.8 Å². The van der Waals surface area contributed by atoms with Gasteiger partial charge in [0.2, 0.25) is 0 Å². The summed E-state index contributed by atoms with van der Waals surface area (Å²) in [7, 11) is 0. The molecule has 0 radical (unpaired) electrons. The standard InChI is InChI=1S/C19H20Cl2N2O2.2ClH/c20-16-5-1-14(2-6-16)19(15-3-7-17(21)8-4-15)23-11-9-22(10-12-23)13-18(24)25;;/h1-8,19H,9-13H2,(H,24,25);2*1H. The third-order valence-electron chi connectivity index (χ3n) is 4.50. The van der Waals surface area contributed by atoms with Gasteiger partial charge in [-0.3, -0.25) is 14.6 Å². The Morgan fingerprint density at radius 2 is 1.26 bits per heavy atom. The number of carboxylic acids is 1. The molecule has 0 amide bonds. The molecule has 2 aromatic rings. The zero-order valence-corrected chi connectivity index (χ0v) is 17.7. The van der Waals surface area contributed by atoms with Crippen molar-refractivity contribution < 1.29 is 9.90 Å². The summed E-state index contributed by atoms with van der Waals surface area (Å²) < 4.78 is 0. The third-order valence-corrected chi connectivity index (χ3v) is 5.01. The predicted molar refractivity (Wildman–Crippen MR) is 115 cm³/mol. The van der Waals surface area contributed by atoms with Gasteiger partial charge in [-0.2, -0.15) is 0 Å². The zero-order valence-electron chi connectivity index (χ0n) is 14.6. The Morgan fingerprint density at radius 1 is 0.852 bits per heavy atom. The van der Waals surface area contributed by atoms with Gasteiger partial charge in [0.05, 0.1) is 12.6 Å². The van der Waals surface area contributed by atoms with E-state index in [0.717, 1.165) is 26.2 Å². The van der Waals surface area contributed by atoms with E-state index in [1.54, 1.807) is 0 Å². The van der Waals surface area contributed by atoms with Crippen molar-refractivity contribution in [2.45, 2.75) is 6.04 Å². The molecule has 148 valence electrons. The van der Waals surface area contributed by atoms with Crippen LogP contribution < -0.4 is 0 Å². The monoisotopic (exact) mass is 450 g/mol. The minimum Gasteiger partial charge on any atom is -0.480 e. The van der Waals surface area contributed by atoms with Gasteiger partial charge in [0.1, 0.15) is 0 Å². The van der Waals surface area contributed by atoms with Crippen molar-refractivity contribution in [3.8, 4) is 0 Å². The maximum Gasteiger partial charge on any atom is 0.317 e. The molecule has 1 heterocycles. The number of hydrogen-bond acceptors (Lipinski definition) is 3. The van der Waals surface area contributed by atoms with Gasteiger partial charge >= 0.3 is 5.97 Å². The number of rotatable bonds is 5. The summed E-state index contributed by atoms with van der Waals surface area (Å²) in [5, 5.41) is 10.4. The minimum atomic E-state index is -0.777. The minimum absolute atomic E-state index is 0. The van der Waals surface area contributed by atoms with Crippen LogP contribution in [-0.2, 0) is 4.79 Å². The van der Waals surface area contributed by atoms with E-state index >= 15 is 0 Å². The lowest BCUT2D eigenvalue weighted by Gasteiger charge is -2.39. The van der Waals surface area contributed by atoms with E-state index in [2.05, 4.69) is 4.90 Å². The van der Waals surface area contributed by atoms with Gasteiger partial charge in [-0.25, -0.2) is 0 Å². The molecule has 1 saturated heterocycles. The second kappa shape index (κ2) is 11.1. The predicted octanol–water partition coefficient (Wildman–Crippen LogP) is 4.63. The van der Waals surface area contributed by atoms with Crippen LogP contribution in [0.5, 0.6) is 0 Å². The zero-order chi connectivity index (χ0) is 17.8. The maximum absolute atomic E-state index is 10.9. The van der Waals surface area contributed by atoms with E-state index in [9.17, 15) is 4.79 Å². The van der Waals surface area contributed by atoms with Crippen molar-refractivity contribution >= 4 is 54.0 Å². The molecule has 1 aliphatic rings. The highest BCUT2D eigenvalue weighted by Crippen LogP contribution is 2.31. The van der Waals surface area contributed by atoms with Crippen molar-refractivity contribution in [1.82, 2.24) is 9.80 Å². The molecule has 2 aromatic carbocycles. The van der Waals surface area contributed by atoms with Gasteiger partial charge in [0.15, 0.2) is 0 Å². The van der Waals surface area contributed by atoms with Gasteiger partial charge < -0.3 is 5.11 Å². The summed E-state index contributed by atoms with van der Waals surface area (Å²) in [6, 6.07) is 15.9. The summed E-state index contributed by atoms with van der Waals surface area (Å²) in [6.07, 6.45) is 0. The van der Waals surface area contributed by atoms with Crippen LogP contribution in [0.4, 0.5) is 0 Å². The summed E-state index contributed by atoms with van der Waals surface area (Å²) in [4.78, 5) is 15.3. The first-order chi connectivity index (χ1) is 12.0. The number of piperazine rings is 1. The Morgan fingerprint density at radius 3 is 1.63 bits per heavy atom. The van der Waals surface area contributed by atoms with Crippen LogP contribution in [0.25, 0.3) is 0 Å². The van der Waals surface area contributed by atoms with E-state index in [1.165, 1.54) is 11.1 Å². The summed E-state index contributed by atoms with van der Waals surface area (Å²) >= 11 is 12.1. The van der Waals surface area contributed by atoms with E-state index in [4.69, 9.17) is 28.3 Å². The third kappa shape index (κ3) is 6.53. The van der Waals surface area contributed by atoms with Gasteiger partial charge in [-0.1, -0.05) is 47.5 Å². The molecule has 0 aliphatic carbocycles. The van der Waals surface area contributed by atoms with Crippen LogP contribution in [0, 0.1) is 0 Å². The van der Waals surface area contributed by atoms with Crippen LogP contribution in [0.2, 0.25) is 10.0 Å². The van der Waals surface area contributed by atoms with Crippen molar-refractivity contribution in [3.05, 3.63) is 69.7 Å². The Labute approximate surface area is 181 Å². The number of hydrogen-bond donors (Lipinski definition) is 1. The van der Waals surface area contributed by atoms with Crippen LogP contribution in [-0.4, -0.2) is 53.6 Å². The number of halogens is 4.